The topological polar surface area (TPSA) is 68.9 Å². The van der Waals surface area contributed by atoms with E-state index in [1.165, 1.54) is 5.39 Å². The molecule has 11 rings (SSSR count). The average Bonchev–Trinajstić information content (AvgIpc) is 3.66. The third-order valence-corrected chi connectivity index (χ3v) is 10.5. The Hall–Kier alpha value is -7.57. The van der Waals surface area contributed by atoms with Crippen molar-refractivity contribution in [3.05, 3.63) is 182 Å². The number of hydrogen-bond acceptors (Lipinski definition) is 5. The first-order chi connectivity index (χ1) is 27.2. The van der Waals surface area contributed by atoms with Crippen molar-refractivity contribution in [3.8, 4) is 56.5 Å². The van der Waals surface area contributed by atoms with Gasteiger partial charge in [0.05, 0.1) is 16.7 Å². The number of rotatable bonds is 5. The third kappa shape index (κ3) is 5.31. The molecule has 7 aromatic carbocycles. The van der Waals surface area contributed by atoms with Crippen LogP contribution in [-0.2, 0) is 0 Å². The summed E-state index contributed by atoms with van der Waals surface area (Å²) in [6.45, 7) is 0. The molecule has 6 nitrogen and oxygen atoms in total. The van der Waals surface area contributed by atoms with Gasteiger partial charge in [0.15, 0.2) is 17.5 Å². The molecule has 0 spiro atoms. The van der Waals surface area contributed by atoms with E-state index < -0.39 is 0 Å². The lowest BCUT2D eigenvalue weighted by Crippen LogP contribution is -2.00. The second-order valence-corrected chi connectivity index (χ2v) is 13.8. The molecule has 0 radical (unpaired) electrons. The Labute approximate surface area is 316 Å². The van der Waals surface area contributed by atoms with Crippen LogP contribution in [0.15, 0.2) is 182 Å². The molecule has 0 fully saturated rings. The first-order valence-corrected chi connectivity index (χ1v) is 18.3. The second kappa shape index (κ2) is 12.5. The first-order valence-electron chi connectivity index (χ1n) is 18.3. The monoisotopic (exact) mass is 702 g/mol. The lowest BCUT2D eigenvalue weighted by atomic mass is 9.94. The molecule has 0 saturated heterocycles. The zero-order valence-corrected chi connectivity index (χ0v) is 29.5. The summed E-state index contributed by atoms with van der Waals surface area (Å²) in [7, 11) is 0. The van der Waals surface area contributed by atoms with Gasteiger partial charge in [-0.3, -0.25) is 9.38 Å². The molecule has 0 saturated carbocycles. The molecule has 0 aliphatic heterocycles. The van der Waals surface area contributed by atoms with Gasteiger partial charge >= 0.3 is 0 Å². The van der Waals surface area contributed by atoms with Crippen molar-refractivity contribution in [3.63, 3.8) is 0 Å². The zero-order valence-electron chi connectivity index (χ0n) is 29.5. The molecule has 0 N–H and O–H groups in total. The maximum absolute atomic E-state index is 5.11. The number of imidazole rings is 1. The van der Waals surface area contributed by atoms with E-state index >= 15 is 0 Å². The number of nitrogens with zero attached hydrogens (tertiary/aromatic N) is 6. The second-order valence-electron chi connectivity index (χ2n) is 13.8. The van der Waals surface area contributed by atoms with Gasteiger partial charge in [0.25, 0.3) is 0 Å². The molecule has 0 amide bonds. The summed E-state index contributed by atoms with van der Waals surface area (Å²) in [5.74, 6) is 1.91. The Morgan fingerprint density at radius 1 is 0.364 bits per heavy atom. The molecule has 256 valence electrons. The summed E-state index contributed by atoms with van der Waals surface area (Å²) in [4.78, 5) is 24.7. The molecule has 0 bridgehead atoms. The largest absolute Gasteiger partial charge is 0.299 e. The van der Waals surface area contributed by atoms with Gasteiger partial charge in [-0.25, -0.2) is 19.9 Å². The van der Waals surface area contributed by atoms with Gasteiger partial charge in [0.2, 0.25) is 0 Å². The van der Waals surface area contributed by atoms with Crippen LogP contribution in [0.4, 0.5) is 0 Å². The van der Waals surface area contributed by atoms with E-state index in [0.717, 1.165) is 82.7 Å². The molecule has 0 unspecified atom stereocenters. The summed E-state index contributed by atoms with van der Waals surface area (Å²) < 4.78 is 2.20. The maximum atomic E-state index is 5.11. The lowest BCUT2D eigenvalue weighted by Gasteiger charge is -2.12. The third-order valence-electron chi connectivity index (χ3n) is 10.5. The van der Waals surface area contributed by atoms with Crippen molar-refractivity contribution in [1.29, 1.82) is 0 Å². The fourth-order valence-electron chi connectivity index (χ4n) is 7.75. The number of hydrogen-bond donors (Lipinski definition) is 0. The molecule has 11 aromatic rings. The van der Waals surface area contributed by atoms with Crippen LogP contribution >= 0.6 is 0 Å². The Morgan fingerprint density at radius 2 is 0.982 bits per heavy atom. The average molecular weight is 703 g/mol. The van der Waals surface area contributed by atoms with Crippen molar-refractivity contribution in [1.82, 2.24) is 29.3 Å². The fraction of sp³-hybridized carbons (Fsp3) is 0. The minimum Gasteiger partial charge on any atom is -0.299 e. The minimum atomic E-state index is 0.630. The SMILES string of the molecule is c1ccc(-c2nc(-c3ccc(-c4ccc5c(c4)c4cc(-c6ccccn6)ccc4c4nc6ccccn6c54)cc3)nc(-c3ccc4ccccc4c3)n2)cc1. The predicted octanol–water partition coefficient (Wildman–Crippen LogP) is 11.9. The van der Waals surface area contributed by atoms with E-state index in [9.17, 15) is 0 Å². The summed E-state index contributed by atoms with van der Waals surface area (Å²) in [5, 5.41) is 6.90. The fourth-order valence-corrected chi connectivity index (χ4v) is 7.75. The van der Waals surface area contributed by atoms with Gasteiger partial charge in [0, 0.05) is 45.4 Å². The van der Waals surface area contributed by atoms with Crippen molar-refractivity contribution in [2.75, 3.05) is 0 Å². The van der Waals surface area contributed by atoms with Crippen LogP contribution in [0.2, 0.25) is 0 Å². The highest BCUT2D eigenvalue weighted by atomic mass is 15.0. The van der Waals surface area contributed by atoms with Gasteiger partial charge in [0.1, 0.15) is 5.65 Å². The summed E-state index contributed by atoms with van der Waals surface area (Å²) in [6.07, 6.45) is 3.94. The Balaban J connectivity index is 1.05. The van der Waals surface area contributed by atoms with Crippen LogP contribution in [-0.4, -0.2) is 29.3 Å². The van der Waals surface area contributed by atoms with Crippen LogP contribution in [0, 0.1) is 0 Å². The van der Waals surface area contributed by atoms with Crippen LogP contribution in [0.3, 0.4) is 0 Å². The molecule has 6 heteroatoms. The van der Waals surface area contributed by atoms with Gasteiger partial charge in [-0.2, -0.15) is 0 Å². The number of pyridine rings is 2. The smallest absolute Gasteiger partial charge is 0.164 e. The Kier molecular flexibility index (Phi) is 7.07. The number of fused-ring (bicyclic) bond motifs is 9. The van der Waals surface area contributed by atoms with Gasteiger partial charge in [-0.15, -0.1) is 0 Å². The number of aromatic nitrogens is 6. The van der Waals surface area contributed by atoms with Gasteiger partial charge < -0.3 is 0 Å². The number of benzene rings is 7. The van der Waals surface area contributed by atoms with E-state index in [4.69, 9.17) is 19.9 Å². The maximum Gasteiger partial charge on any atom is 0.164 e. The quantitative estimate of drug-likeness (QED) is 0.167. The van der Waals surface area contributed by atoms with Crippen molar-refractivity contribution in [2.24, 2.45) is 0 Å². The first kappa shape index (κ1) is 31.0. The Bertz CT molecular complexity index is 3250. The minimum absolute atomic E-state index is 0.630. The molecule has 0 atom stereocenters. The van der Waals surface area contributed by atoms with Gasteiger partial charge in [-0.05, 0) is 75.1 Å². The molecular weight excluding hydrogens is 673 g/mol. The highest BCUT2D eigenvalue weighted by Gasteiger charge is 2.17. The highest BCUT2D eigenvalue weighted by Crippen LogP contribution is 2.39. The Morgan fingerprint density at radius 3 is 1.80 bits per heavy atom. The highest BCUT2D eigenvalue weighted by molar-refractivity contribution is 6.25. The molecule has 0 aliphatic rings. The molecule has 4 aromatic heterocycles. The van der Waals surface area contributed by atoms with Crippen LogP contribution in [0.25, 0.3) is 106 Å². The van der Waals surface area contributed by atoms with E-state index in [0.29, 0.717) is 17.5 Å². The van der Waals surface area contributed by atoms with E-state index in [1.807, 2.05) is 54.7 Å². The lowest BCUT2D eigenvalue weighted by molar-refractivity contribution is 1.07. The van der Waals surface area contributed by atoms with Crippen molar-refractivity contribution >= 4 is 49.0 Å². The van der Waals surface area contributed by atoms with Crippen LogP contribution < -0.4 is 0 Å². The normalized spacial score (nSPS) is 11.6. The van der Waals surface area contributed by atoms with Gasteiger partial charge in [-0.1, -0.05) is 127 Å². The van der Waals surface area contributed by atoms with Crippen molar-refractivity contribution < 1.29 is 0 Å². The zero-order chi connectivity index (χ0) is 36.3. The molecular formula is C49H30N6. The predicted molar refractivity (Wildman–Crippen MR) is 224 cm³/mol. The van der Waals surface area contributed by atoms with E-state index in [2.05, 4.69) is 137 Å². The summed E-state index contributed by atoms with van der Waals surface area (Å²) in [5.41, 5.74) is 10.1. The molecule has 55 heavy (non-hydrogen) atoms. The van der Waals surface area contributed by atoms with Crippen LogP contribution in [0.5, 0.6) is 0 Å². The molecule has 0 aliphatic carbocycles. The standard InChI is InChI=1S/C49H30N6/c1-2-11-33(12-3-1)47-52-48(54-49(53-47)38-21-18-31-10-4-5-13-35(31)28-38)34-19-16-32(17-20-34)36-22-25-40-42(29-36)41-30-37(43-14-6-8-26-50-43)23-24-39(41)45-46(40)55-27-9-7-15-44(55)51-45/h1-30H. The van der Waals surface area contributed by atoms with Crippen LogP contribution in [0.1, 0.15) is 0 Å². The van der Waals surface area contributed by atoms with E-state index in [1.54, 1.807) is 0 Å². The summed E-state index contributed by atoms with van der Waals surface area (Å²) in [6, 6.07) is 58.9. The molecule has 4 heterocycles. The summed E-state index contributed by atoms with van der Waals surface area (Å²) >= 11 is 0. The van der Waals surface area contributed by atoms with E-state index in [-0.39, 0.29) is 0 Å². The van der Waals surface area contributed by atoms with Crippen molar-refractivity contribution in [2.45, 2.75) is 0 Å².